The largest absolute Gasteiger partial charge is 0.370 e. The van der Waals surface area contributed by atoms with Crippen molar-refractivity contribution in [1.82, 2.24) is 20.6 Å². The molecule has 8 heteroatoms. The van der Waals surface area contributed by atoms with Crippen molar-refractivity contribution < 1.29 is 14.4 Å². The summed E-state index contributed by atoms with van der Waals surface area (Å²) in [5.74, 6) is -0.641. The summed E-state index contributed by atoms with van der Waals surface area (Å²) in [6, 6.07) is 4.99. The van der Waals surface area contributed by atoms with Gasteiger partial charge in [0.05, 0.1) is 17.6 Å². The maximum atomic E-state index is 12.2. The van der Waals surface area contributed by atoms with Crippen LogP contribution < -0.4 is 16.4 Å². The number of imidazole rings is 1. The average Bonchev–Trinajstić information content (AvgIpc) is 2.93. The maximum absolute atomic E-state index is 12.2. The molecule has 2 rings (SSSR count). The van der Waals surface area contributed by atoms with Crippen LogP contribution in [0.25, 0.3) is 11.0 Å². The lowest BCUT2D eigenvalue weighted by Gasteiger charge is -2.16. The summed E-state index contributed by atoms with van der Waals surface area (Å²) in [5.41, 5.74) is 7.89. The van der Waals surface area contributed by atoms with E-state index in [9.17, 15) is 14.4 Å². The normalized spacial score (nSPS) is 11.9. The van der Waals surface area contributed by atoms with Gasteiger partial charge in [0.2, 0.25) is 17.7 Å². The number of H-pyrrole nitrogens is 1. The molecule has 0 saturated carbocycles. The highest BCUT2D eigenvalue weighted by atomic mass is 16.2. The number of aromatic nitrogens is 2. The summed E-state index contributed by atoms with van der Waals surface area (Å²) < 4.78 is 0. The molecular formula is C16H21N5O3. The molecule has 0 aliphatic rings. The molecule has 0 radical (unpaired) electrons. The van der Waals surface area contributed by atoms with Crippen molar-refractivity contribution in [2.45, 2.75) is 39.3 Å². The number of carbonyl (C=O) groups excluding carboxylic acids is 3. The summed E-state index contributed by atoms with van der Waals surface area (Å²) in [6.45, 7) is 3.47. The Bertz CT molecular complexity index is 768. The van der Waals surface area contributed by atoms with Crippen LogP contribution in [0.5, 0.6) is 0 Å². The number of amides is 3. The minimum absolute atomic E-state index is 0.0161. The van der Waals surface area contributed by atoms with E-state index in [1.54, 1.807) is 0 Å². The summed E-state index contributed by atoms with van der Waals surface area (Å²) in [6.07, 6.45) is 0.169. The Kier molecular flexibility index (Phi) is 5.51. The third-order valence-electron chi connectivity index (χ3n) is 3.57. The molecule has 0 spiro atoms. The van der Waals surface area contributed by atoms with E-state index in [4.69, 9.17) is 5.73 Å². The number of hydrogen-bond donors (Lipinski definition) is 4. The number of fused-ring (bicyclic) bond motifs is 1. The van der Waals surface area contributed by atoms with Crippen molar-refractivity contribution >= 4 is 28.8 Å². The molecule has 1 heterocycles. The highest BCUT2D eigenvalue weighted by Gasteiger charge is 2.20. The average molecular weight is 331 g/mol. The Labute approximate surface area is 139 Å². The van der Waals surface area contributed by atoms with Gasteiger partial charge in [0.15, 0.2) is 0 Å². The number of aromatic amines is 1. The number of rotatable bonds is 7. The van der Waals surface area contributed by atoms with Crippen molar-refractivity contribution in [3.05, 3.63) is 29.6 Å². The van der Waals surface area contributed by atoms with Gasteiger partial charge in [-0.2, -0.15) is 0 Å². The van der Waals surface area contributed by atoms with Crippen LogP contribution in [0.15, 0.2) is 18.2 Å². The summed E-state index contributed by atoms with van der Waals surface area (Å²) in [7, 11) is 0. The van der Waals surface area contributed by atoms with Gasteiger partial charge >= 0.3 is 0 Å². The molecule has 0 fully saturated rings. The van der Waals surface area contributed by atoms with Crippen molar-refractivity contribution in [2.24, 2.45) is 5.73 Å². The first-order chi connectivity index (χ1) is 11.4. The Morgan fingerprint density at radius 3 is 2.71 bits per heavy atom. The van der Waals surface area contributed by atoms with E-state index in [2.05, 4.69) is 20.6 Å². The number of nitrogens with one attached hydrogen (secondary N) is 3. The molecule has 0 unspecified atom stereocenters. The molecule has 0 aliphatic carbocycles. The SMILES string of the molecule is CC(=O)N[C@@H](CCC(N)=O)C(=O)NCc1nc2c(C)cccc2[nH]1. The Hall–Kier alpha value is -2.90. The van der Waals surface area contributed by atoms with Crippen LogP contribution in [0, 0.1) is 6.92 Å². The first-order valence-electron chi connectivity index (χ1n) is 7.64. The zero-order valence-electron chi connectivity index (χ0n) is 13.7. The first-order valence-corrected chi connectivity index (χ1v) is 7.64. The Balaban J connectivity index is 2.01. The second-order valence-electron chi connectivity index (χ2n) is 5.63. The van der Waals surface area contributed by atoms with E-state index in [0.717, 1.165) is 16.6 Å². The molecule has 0 aliphatic heterocycles. The molecule has 128 valence electrons. The topological polar surface area (TPSA) is 130 Å². The van der Waals surface area contributed by atoms with Crippen LogP contribution in [0.2, 0.25) is 0 Å². The third kappa shape index (κ3) is 4.55. The van der Waals surface area contributed by atoms with Gasteiger partial charge in [0.25, 0.3) is 0 Å². The lowest BCUT2D eigenvalue weighted by atomic mass is 10.1. The molecule has 24 heavy (non-hydrogen) atoms. The zero-order chi connectivity index (χ0) is 17.7. The summed E-state index contributed by atoms with van der Waals surface area (Å²) in [4.78, 5) is 41.9. The Morgan fingerprint density at radius 2 is 2.08 bits per heavy atom. The molecule has 8 nitrogen and oxygen atoms in total. The van der Waals surface area contributed by atoms with E-state index in [0.29, 0.717) is 5.82 Å². The maximum Gasteiger partial charge on any atom is 0.242 e. The molecule has 0 bridgehead atoms. The van der Waals surface area contributed by atoms with E-state index in [1.807, 2.05) is 25.1 Å². The number of hydrogen-bond acceptors (Lipinski definition) is 4. The predicted molar refractivity (Wildman–Crippen MR) is 88.7 cm³/mol. The number of nitrogens with zero attached hydrogens (tertiary/aromatic N) is 1. The van der Waals surface area contributed by atoms with Gasteiger partial charge in [-0.25, -0.2) is 4.98 Å². The van der Waals surface area contributed by atoms with Crippen molar-refractivity contribution in [1.29, 1.82) is 0 Å². The van der Waals surface area contributed by atoms with Crippen molar-refractivity contribution in [2.75, 3.05) is 0 Å². The fraction of sp³-hybridized carbons (Fsp3) is 0.375. The van der Waals surface area contributed by atoms with Crippen LogP contribution >= 0.6 is 0 Å². The first kappa shape index (κ1) is 17.5. The van der Waals surface area contributed by atoms with Gasteiger partial charge in [0.1, 0.15) is 11.9 Å². The highest BCUT2D eigenvalue weighted by Crippen LogP contribution is 2.15. The number of nitrogens with two attached hydrogens (primary N) is 1. The fourth-order valence-corrected chi connectivity index (χ4v) is 2.41. The van der Waals surface area contributed by atoms with Gasteiger partial charge in [-0.3, -0.25) is 14.4 Å². The molecular weight excluding hydrogens is 310 g/mol. The summed E-state index contributed by atoms with van der Waals surface area (Å²) in [5, 5.41) is 5.23. The molecule has 5 N–H and O–H groups in total. The van der Waals surface area contributed by atoms with Crippen LogP contribution in [0.3, 0.4) is 0 Å². The number of benzene rings is 1. The third-order valence-corrected chi connectivity index (χ3v) is 3.57. The smallest absolute Gasteiger partial charge is 0.242 e. The van der Waals surface area contributed by atoms with Gasteiger partial charge in [-0.1, -0.05) is 12.1 Å². The number of primary amides is 1. The van der Waals surface area contributed by atoms with Gasteiger partial charge in [-0.15, -0.1) is 0 Å². The van der Waals surface area contributed by atoms with Crippen molar-refractivity contribution in [3.8, 4) is 0 Å². The number of aryl methyl sites for hydroxylation is 1. The lowest BCUT2D eigenvalue weighted by molar-refractivity contribution is -0.128. The minimum atomic E-state index is -0.805. The van der Waals surface area contributed by atoms with E-state index in [1.165, 1.54) is 6.92 Å². The lowest BCUT2D eigenvalue weighted by Crippen LogP contribution is -2.46. The van der Waals surface area contributed by atoms with Gasteiger partial charge in [-0.05, 0) is 25.0 Å². The van der Waals surface area contributed by atoms with E-state index >= 15 is 0 Å². The second kappa shape index (κ2) is 7.58. The molecule has 2 aromatic rings. The van der Waals surface area contributed by atoms with Gasteiger partial charge < -0.3 is 21.4 Å². The van der Waals surface area contributed by atoms with E-state index in [-0.39, 0.29) is 31.2 Å². The number of para-hydroxylation sites is 1. The highest BCUT2D eigenvalue weighted by molar-refractivity contribution is 5.87. The van der Waals surface area contributed by atoms with Crippen LogP contribution in [0.1, 0.15) is 31.2 Å². The fourth-order valence-electron chi connectivity index (χ4n) is 2.41. The molecule has 3 amide bonds. The Morgan fingerprint density at radius 1 is 1.33 bits per heavy atom. The number of carbonyl (C=O) groups is 3. The quantitative estimate of drug-likeness (QED) is 0.579. The molecule has 1 atom stereocenters. The standard InChI is InChI=1S/C16H21N5O3/c1-9-4-3-5-11-15(9)21-14(20-11)8-18-16(24)12(19-10(2)22)6-7-13(17)23/h3-5,12H,6-8H2,1-2H3,(H2,17,23)(H,18,24)(H,19,22)(H,20,21)/t12-/m0/s1. The van der Waals surface area contributed by atoms with Gasteiger partial charge in [0, 0.05) is 13.3 Å². The van der Waals surface area contributed by atoms with Crippen LogP contribution in [0.4, 0.5) is 0 Å². The zero-order valence-corrected chi connectivity index (χ0v) is 13.7. The molecule has 0 saturated heterocycles. The molecule has 1 aromatic heterocycles. The van der Waals surface area contributed by atoms with Crippen LogP contribution in [-0.2, 0) is 20.9 Å². The summed E-state index contributed by atoms with van der Waals surface area (Å²) >= 11 is 0. The second-order valence-corrected chi connectivity index (χ2v) is 5.63. The monoisotopic (exact) mass is 331 g/mol. The predicted octanol–water partition coefficient (Wildman–Crippen LogP) is 0.258. The van der Waals surface area contributed by atoms with Crippen molar-refractivity contribution in [3.63, 3.8) is 0 Å². The molecule has 1 aromatic carbocycles. The minimum Gasteiger partial charge on any atom is -0.370 e. The van der Waals surface area contributed by atoms with E-state index < -0.39 is 11.9 Å². The van der Waals surface area contributed by atoms with Crippen LogP contribution in [-0.4, -0.2) is 33.7 Å².